The summed E-state index contributed by atoms with van der Waals surface area (Å²) in [6.07, 6.45) is 5.28. The number of dihydropyridines is 1. The van der Waals surface area contributed by atoms with Crippen molar-refractivity contribution in [3.63, 3.8) is 0 Å². The van der Waals surface area contributed by atoms with Gasteiger partial charge in [0.2, 0.25) is 0 Å². The van der Waals surface area contributed by atoms with Crippen molar-refractivity contribution in [1.29, 1.82) is 0 Å². The van der Waals surface area contributed by atoms with Crippen LogP contribution in [-0.4, -0.2) is 31.3 Å². The molecule has 1 atom stereocenters. The molecule has 1 amide bonds. The lowest BCUT2D eigenvalue weighted by Gasteiger charge is -2.27. The molecule has 1 unspecified atom stereocenters. The SMILES string of the molecule is CCOC(=O)C1=C(NCc2cccc(OC)c2)C2C=CC=C(Cl)C2=NC1=O. The molecule has 0 fully saturated rings. The van der Waals surface area contributed by atoms with Crippen LogP contribution in [0.25, 0.3) is 0 Å². The van der Waals surface area contributed by atoms with E-state index in [9.17, 15) is 9.59 Å². The molecule has 3 rings (SSSR count). The fourth-order valence-corrected chi connectivity index (χ4v) is 3.18. The Bertz CT molecular complexity index is 899. The van der Waals surface area contributed by atoms with E-state index in [2.05, 4.69) is 10.3 Å². The predicted octanol–water partition coefficient (Wildman–Crippen LogP) is 2.89. The Balaban J connectivity index is 1.95. The van der Waals surface area contributed by atoms with Gasteiger partial charge >= 0.3 is 5.97 Å². The van der Waals surface area contributed by atoms with E-state index in [1.165, 1.54) is 0 Å². The Morgan fingerprint density at radius 3 is 2.93 bits per heavy atom. The number of nitrogens with one attached hydrogen (secondary N) is 1. The number of nitrogens with zero attached hydrogens (tertiary/aromatic N) is 1. The second-order valence-corrected chi connectivity index (χ2v) is 6.30. The van der Waals surface area contributed by atoms with Crippen LogP contribution < -0.4 is 10.1 Å². The zero-order chi connectivity index (χ0) is 19.4. The Kier molecular flexibility index (Phi) is 5.76. The second-order valence-electron chi connectivity index (χ2n) is 5.89. The van der Waals surface area contributed by atoms with Crippen LogP contribution in [0.3, 0.4) is 0 Å². The van der Waals surface area contributed by atoms with Gasteiger partial charge in [0.15, 0.2) is 0 Å². The van der Waals surface area contributed by atoms with Crippen LogP contribution in [0.1, 0.15) is 12.5 Å². The Hall–Kier alpha value is -2.86. The lowest BCUT2D eigenvalue weighted by Crippen LogP contribution is -2.36. The molecule has 1 aromatic carbocycles. The average Bonchev–Trinajstić information content (AvgIpc) is 2.67. The number of benzene rings is 1. The molecule has 1 aliphatic carbocycles. The number of ether oxygens (including phenoxy) is 2. The first-order valence-electron chi connectivity index (χ1n) is 8.50. The minimum Gasteiger partial charge on any atom is -0.497 e. The van der Waals surface area contributed by atoms with Crippen molar-refractivity contribution in [3.8, 4) is 5.75 Å². The molecular formula is C20H19ClN2O4. The molecule has 2 aliphatic rings. The maximum absolute atomic E-state index is 12.5. The minimum atomic E-state index is -0.697. The highest BCUT2D eigenvalue weighted by Gasteiger charge is 2.36. The van der Waals surface area contributed by atoms with Gasteiger partial charge in [-0.1, -0.05) is 35.9 Å². The first-order valence-corrected chi connectivity index (χ1v) is 8.88. The largest absolute Gasteiger partial charge is 0.497 e. The second kappa shape index (κ2) is 8.22. The number of hydrogen-bond acceptors (Lipinski definition) is 5. The van der Waals surface area contributed by atoms with Crippen molar-refractivity contribution in [2.24, 2.45) is 10.9 Å². The smallest absolute Gasteiger partial charge is 0.345 e. The molecule has 0 bridgehead atoms. The summed E-state index contributed by atoms with van der Waals surface area (Å²) in [6.45, 7) is 2.24. The van der Waals surface area contributed by atoms with E-state index >= 15 is 0 Å². The summed E-state index contributed by atoms with van der Waals surface area (Å²) in [7, 11) is 1.59. The van der Waals surface area contributed by atoms with Gasteiger partial charge in [0.05, 0.1) is 30.4 Å². The van der Waals surface area contributed by atoms with Gasteiger partial charge < -0.3 is 14.8 Å². The number of methoxy groups -OCH3 is 1. The van der Waals surface area contributed by atoms with Crippen molar-refractivity contribution in [2.75, 3.05) is 13.7 Å². The van der Waals surface area contributed by atoms with Gasteiger partial charge in [0.25, 0.3) is 5.91 Å². The molecule has 1 aromatic rings. The first kappa shape index (κ1) is 18.9. The number of carbonyl (C=O) groups is 2. The number of allylic oxidation sites excluding steroid dienone is 4. The van der Waals surface area contributed by atoms with Gasteiger partial charge in [0, 0.05) is 12.2 Å². The number of amides is 1. The van der Waals surface area contributed by atoms with Crippen LogP contribution in [-0.2, 0) is 20.9 Å². The van der Waals surface area contributed by atoms with E-state index in [0.717, 1.165) is 11.3 Å². The highest BCUT2D eigenvalue weighted by molar-refractivity contribution is 6.46. The number of esters is 1. The zero-order valence-electron chi connectivity index (χ0n) is 15.0. The maximum Gasteiger partial charge on any atom is 0.345 e. The molecule has 140 valence electrons. The third kappa shape index (κ3) is 3.95. The van der Waals surface area contributed by atoms with Gasteiger partial charge in [-0.3, -0.25) is 4.79 Å². The molecule has 6 nitrogen and oxygen atoms in total. The quantitative estimate of drug-likeness (QED) is 0.601. The molecule has 1 heterocycles. The van der Waals surface area contributed by atoms with E-state index in [-0.39, 0.29) is 12.2 Å². The van der Waals surface area contributed by atoms with Gasteiger partial charge in [-0.2, -0.15) is 0 Å². The summed E-state index contributed by atoms with van der Waals surface area (Å²) in [5.74, 6) is -1.04. The number of hydrogen-bond donors (Lipinski definition) is 1. The van der Waals surface area contributed by atoms with Crippen LogP contribution in [0, 0.1) is 5.92 Å². The predicted molar refractivity (Wildman–Crippen MR) is 103 cm³/mol. The molecular weight excluding hydrogens is 368 g/mol. The molecule has 0 spiro atoms. The third-order valence-electron chi connectivity index (χ3n) is 4.20. The summed E-state index contributed by atoms with van der Waals surface area (Å²) in [6, 6.07) is 7.51. The molecule has 1 aliphatic heterocycles. The summed E-state index contributed by atoms with van der Waals surface area (Å²) >= 11 is 6.21. The molecule has 0 saturated heterocycles. The molecule has 1 N–H and O–H groups in total. The highest BCUT2D eigenvalue weighted by atomic mass is 35.5. The van der Waals surface area contributed by atoms with E-state index < -0.39 is 17.8 Å². The minimum absolute atomic E-state index is 0.0930. The molecule has 7 heteroatoms. The van der Waals surface area contributed by atoms with Gasteiger partial charge in [-0.25, -0.2) is 9.79 Å². The molecule has 27 heavy (non-hydrogen) atoms. The van der Waals surface area contributed by atoms with Crippen molar-refractivity contribution >= 4 is 29.2 Å². The maximum atomic E-state index is 12.5. The van der Waals surface area contributed by atoms with E-state index in [0.29, 0.717) is 23.0 Å². The van der Waals surface area contributed by atoms with Crippen molar-refractivity contribution < 1.29 is 19.1 Å². The molecule has 0 aromatic heterocycles. The van der Waals surface area contributed by atoms with Crippen LogP contribution in [0.4, 0.5) is 0 Å². The zero-order valence-corrected chi connectivity index (χ0v) is 15.7. The fourth-order valence-electron chi connectivity index (χ4n) is 2.95. The summed E-state index contributed by atoms with van der Waals surface area (Å²) < 4.78 is 10.3. The van der Waals surface area contributed by atoms with Crippen LogP contribution in [0.5, 0.6) is 5.75 Å². The Morgan fingerprint density at radius 2 is 2.19 bits per heavy atom. The third-order valence-corrected chi connectivity index (χ3v) is 4.52. The van der Waals surface area contributed by atoms with Crippen molar-refractivity contribution in [1.82, 2.24) is 5.32 Å². The monoisotopic (exact) mass is 386 g/mol. The van der Waals surface area contributed by atoms with Gasteiger partial charge in [-0.05, 0) is 30.7 Å². The van der Waals surface area contributed by atoms with Gasteiger partial charge in [0.1, 0.15) is 11.3 Å². The van der Waals surface area contributed by atoms with E-state index in [1.807, 2.05) is 30.3 Å². The van der Waals surface area contributed by atoms with E-state index in [4.69, 9.17) is 21.1 Å². The highest BCUT2D eigenvalue weighted by Crippen LogP contribution is 2.31. The summed E-state index contributed by atoms with van der Waals surface area (Å²) in [4.78, 5) is 28.9. The van der Waals surface area contributed by atoms with Crippen molar-refractivity contribution in [3.05, 3.63) is 64.4 Å². The van der Waals surface area contributed by atoms with Crippen LogP contribution in [0.15, 0.2) is 63.8 Å². The first-order chi connectivity index (χ1) is 13.0. The number of carbonyl (C=O) groups excluding carboxylic acids is 2. The number of fused-ring (bicyclic) bond motifs is 1. The normalized spacial score (nSPS) is 18.5. The van der Waals surface area contributed by atoms with Gasteiger partial charge in [-0.15, -0.1) is 0 Å². The molecule has 0 radical (unpaired) electrons. The standard InChI is InChI=1S/C20H19ClN2O4/c1-3-27-20(25)16-18(22-11-12-6-4-7-13(10-12)26-2)14-8-5-9-15(21)17(14)23-19(16)24/h4-10,14,22H,3,11H2,1-2H3. The summed E-state index contributed by atoms with van der Waals surface area (Å²) in [5, 5.41) is 3.59. The Labute approximate surface area is 162 Å². The summed E-state index contributed by atoms with van der Waals surface area (Å²) in [5.41, 5.74) is 1.70. The number of rotatable bonds is 6. The average molecular weight is 387 g/mol. The topological polar surface area (TPSA) is 77.0 Å². The fraction of sp³-hybridized carbons (Fsp3) is 0.250. The lowest BCUT2D eigenvalue weighted by molar-refractivity contribution is -0.140. The number of aliphatic imine (C=N–C) groups is 1. The molecule has 0 saturated carbocycles. The number of halogens is 1. The lowest BCUT2D eigenvalue weighted by atomic mass is 9.88. The Morgan fingerprint density at radius 1 is 1.37 bits per heavy atom. The van der Waals surface area contributed by atoms with Crippen LogP contribution >= 0.6 is 11.6 Å². The van der Waals surface area contributed by atoms with Crippen LogP contribution in [0.2, 0.25) is 0 Å². The van der Waals surface area contributed by atoms with E-state index in [1.54, 1.807) is 26.2 Å². The van der Waals surface area contributed by atoms with Crippen molar-refractivity contribution in [2.45, 2.75) is 13.5 Å².